The van der Waals surface area contributed by atoms with Crippen LogP contribution in [-0.4, -0.2) is 91.7 Å². The van der Waals surface area contributed by atoms with E-state index in [0.717, 1.165) is 61.1 Å². The van der Waals surface area contributed by atoms with Crippen LogP contribution in [0, 0.1) is 0 Å². The molecule has 0 N–H and O–H groups in total. The molecule has 0 aliphatic carbocycles. The quantitative estimate of drug-likeness (QED) is 0.432. The van der Waals surface area contributed by atoms with Crippen LogP contribution in [0.2, 0.25) is 0 Å². The van der Waals surface area contributed by atoms with E-state index in [-0.39, 0.29) is 6.04 Å². The molecule has 1 fully saturated rings. The number of ether oxygens (including phenoxy) is 4. The van der Waals surface area contributed by atoms with Gasteiger partial charge in [-0.25, -0.2) is 4.68 Å². The lowest BCUT2D eigenvalue weighted by Crippen LogP contribution is -2.46. The van der Waals surface area contributed by atoms with Crippen LogP contribution >= 0.6 is 0 Å². The molecule has 0 unspecified atom stereocenters. The average molecular weight is 483 g/mol. The second-order valence-corrected chi connectivity index (χ2v) is 8.55. The van der Waals surface area contributed by atoms with E-state index in [1.165, 1.54) is 0 Å². The van der Waals surface area contributed by atoms with Crippen LogP contribution < -0.4 is 18.9 Å². The number of piperazine rings is 1. The van der Waals surface area contributed by atoms with Crippen molar-refractivity contribution >= 4 is 0 Å². The first-order chi connectivity index (χ1) is 17.1. The highest BCUT2D eigenvalue weighted by molar-refractivity contribution is 5.45. The molecule has 1 aromatic heterocycles. The molecule has 10 heteroatoms. The SMILES string of the molecule is COc1ccc(OC)c([C@@H](c2nnnn2CCc2ccc(OC)c(OC)c2)N2CCN(C)CC2)c1. The van der Waals surface area contributed by atoms with Crippen molar-refractivity contribution in [1.29, 1.82) is 0 Å². The van der Waals surface area contributed by atoms with E-state index < -0.39 is 0 Å². The molecule has 3 aromatic rings. The van der Waals surface area contributed by atoms with Gasteiger partial charge in [0, 0.05) is 38.3 Å². The fourth-order valence-electron chi connectivity index (χ4n) is 4.47. The predicted molar refractivity (Wildman–Crippen MR) is 132 cm³/mol. The van der Waals surface area contributed by atoms with Gasteiger partial charge in [0.15, 0.2) is 17.3 Å². The Bertz CT molecular complexity index is 1110. The Labute approximate surface area is 206 Å². The monoisotopic (exact) mass is 482 g/mol. The summed E-state index contributed by atoms with van der Waals surface area (Å²) in [6.07, 6.45) is 0.739. The van der Waals surface area contributed by atoms with Crippen molar-refractivity contribution in [2.45, 2.75) is 19.0 Å². The maximum atomic E-state index is 5.76. The number of aromatic nitrogens is 4. The van der Waals surface area contributed by atoms with Crippen LogP contribution in [0.3, 0.4) is 0 Å². The van der Waals surface area contributed by atoms with Crippen molar-refractivity contribution in [3.63, 3.8) is 0 Å². The second kappa shape index (κ2) is 11.4. The number of methoxy groups -OCH3 is 4. The highest BCUT2D eigenvalue weighted by atomic mass is 16.5. The first kappa shape index (κ1) is 24.7. The molecule has 188 valence electrons. The Kier molecular flexibility index (Phi) is 8.04. The number of aryl methyl sites for hydroxylation is 2. The van der Waals surface area contributed by atoms with Crippen LogP contribution in [-0.2, 0) is 13.0 Å². The molecule has 4 rings (SSSR count). The van der Waals surface area contributed by atoms with Gasteiger partial charge >= 0.3 is 0 Å². The molecular weight excluding hydrogens is 448 g/mol. The van der Waals surface area contributed by atoms with Gasteiger partial charge in [0.05, 0.1) is 28.4 Å². The first-order valence-corrected chi connectivity index (χ1v) is 11.7. The van der Waals surface area contributed by atoms with E-state index in [4.69, 9.17) is 18.9 Å². The molecule has 1 atom stereocenters. The second-order valence-electron chi connectivity index (χ2n) is 8.55. The average Bonchev–Trinajstić information content (AvgIpc) is 3.36. The minimum absolute atomic E-state index is 0.172. The number of nitrogens with zero attached hydrogens (tertiary/aromatic N) is 6. The summed E-state index contributed by atoms with van der Waals surface area (Å²) >= 11 is 0. The van der Waals surface area contributed by atoms with Gasteiger partial charge in [-0.05, 0) is 59.8 Å². The molecular formula is C25H34N6O4. The molecule has 0 saturated carbocycles. The fourth-order valence-corrected chi connectivity index (χ4v) is 4.47. The van der Waals surface area contributed by atoms with Crippen molar-refractivity contribution in [3.8, 4) is 23.0 Å². The Balaban J connectivity index is 1.67. The molecule has 1 aliphatic rings. The predicted octanol–water partition coefficient (Wildman–Crippen LogP) is 2.29. The van der Waals surface area contributed by atoms with E-state index >= 15 is 0 Å². The van der Waals surface area contributed by atoms with E-state index in [1.54, 1.807) is 28.4 Å². The molecule has 0 bridgehead atoms. The van der Waals surface area contributed by atoms with Gasteiger partial charge in [-0.3, -0.25) is 4.90 Å². The molecule has 2 heterocycles. The first-order valence-electron chi connectivity index (χ1n) is 11.7. The summed E-state index contributed by atoms with van der Waals surface area (Å²) in [4.78, 5) is 4.74. The maximum Gasteiger partial charge on any atom is 0.173 e. The Morgan fingerprint density at radius 1 is 0.829 bits per heavy atom. The molecule has 0 spiro atoms. The Morgan fingerprint density at radius 2 is 1.54 bits per heavy atom. The van der Waals surface area contributed by atoms with Crippen LogP contribution in [0.15, 0.2) is 36.4 Å². The zero-order valence-corrected chi connectivity index (χ0v) is 21.1. The fraction of sp³-hybridized carbons (Fsp3) is 0.480. The van der Waals surface area contributed by atoms with Gasteiger partial charge in [-0.2, -0.15) is 0 Å². The molecule has 10 nitrogen and oxygen atoms in total. The van der Waals surface area contributed by atoms with Crippen molar-refractivity contribution in [1.82, 2.24) is 30.0 Å². The van der Waals surface area contributed by atoms with Gasteiger partial charge < -0.3 is 23.8 Å². The number of rotatable bonds is 10. The number of benzene rings is 2. The smallest absolute Gasteiger partial charge is 0.173 e. The highest BCUT2D eigenvalue weighted by Crippen LogP contribution is 2.37. The number of tetrazole rings is 1. The molecule has 1 aliphatic heterocycles. The number of likely N-dealkylation sites (N-methyl/N-ethyl adjacent to an activating group) is 1. The van der Waals surface area contributed by atoms with Crippen LogP contribution in [0.4, 0.5) is 0 Å². The van der Waals surface area contributed by atoms with E-state index in [9.17, 15) is 0 Å². The molecule has 1 saturated heterocycles. The molecule has 35 heavy (non-hydrogen) atoms. The summed E-state index contributed by atoms with van der Waals surface area (Å²) in [5.74, 6) is 3.74. The van der Waals surface area contributed by atoms with Gasteiger partial charge in [0.2, 0.25) is 0 Å². The summed E-state index contributed by atoms with van der Waals surface area (Å²) < 4.78 is 24.0. The van der Waals surface area contributed by atoms with Gasteiger partial charge in [-0.1, -0.05) is 6.07 Å². The third-order valence-electron chi connectivity index (χ3n) is 6.50. The summed E-state index contributed by atoms with van der Waals surface area (Å²) in [7, 11) is 8.78. The van der Waals surface area contributed by atoms with Crippen molar-refractivity contribution in [2.75, 3.05) is 61.7 Å². The lowest BCUT2D eigenvalue weighted by atomic mass is 10.0. The van der Waals surface area contributed by atoms with Gasteiger partial charge in [0.1, 0.15) is 17.5 Å². The number of hydrogen-bond acceptors (Lipinski definition) is 9. The van der Waals surface area contributed by atoms with Gasteiger partial charge in [-0.15, -0.1) is 5.10 Å². The van der Waals surface area contributed by atoms with Crippen molar-refractivity contribution in [3.05, 3.63) is 53.3 Å². The molecule has 2 aromatic carbocycles. The largest absolute Gasteiger partial charge is 0.497 e. The Morgan fingerprint density at radius 3 is 2.23 bits per heavy atom. The topological polar surface area (TPSA) is 87.0 Å². The lowest BCUT2D eigenvalue weighted by molar-refractivity contribution is 0.120. The Hall–Kier alpha value is -3.37. The lowest BCUT2D eigenvalue weighted by Gasteiger charge is -2.37. The number of hydrogen-bond donors (Lipinski definition) is 0. The van der Waals surface area contributed by atoms with Crippen molar-refractivity contribution < 1.29 is 18.9 Å². The summed E-state index contributed by atoms with van der Waals surface area (Å²) in [5, 5.41) is 12.9. The minimum Gasteiger partial charge on any atom is -0.497 e. The maximum absolute atomic E-state index is 5.76. The van der Waals surface area contributed by atoms with Crippen molar-refractivity contribution in [2.24, 2.45) is 0 Å². The van der Waals surface area contributed by atoms with E-state index in [2.05, 4.69) is 32.4 Å². The zero-order chi connectivity index (χ0) is 24.8. The molecule has 0 radical (unpaired) electrons. The minimum atomic E-state index is -0.172. The van der Waals surface area contributed by atoms with Crippen LogP contribution in [0.1, 0.15) is 23.0 Å². The van der Waals surface area contributed by atoms with E-state index in [0.29, 0.717) is 18.0 Å². The summed E-state index contributed by atoms with van der Waals surface area (Å²) in [6.45, 7) is 4.34. The standard InChI is InChI=1S/C25H34N6O4/c1-29-12-14-30(15-13-29)24(20-17-19(32-2)7-9-21(20)33-3)25-26-27-28-31(25)11-10-18-6-8-22(34-4)23(16-18)35-5/h6-9,16-17,24H,10-15H2,1-5H3/t24-/m0/s1. The highest BCUT2D eigenvalue weighted by Gasteiger charge is 2.32. The normalized spacial score (nSPS) is 15.6. The molecule has 0 amide bonds. The van der Waals surface area contributed by atoms with Gasteiger partial charge in [0.25, 0.3) is 0 Å². The third kappa shape index (κ3) is 5.49. The summed E-state index contributed by atoms with van der Waals surface area (Å²) in [5.41, 5.74) is 2.10. The van der Waals surface area contributed by atoms with E-state index in [1.807, 2.05) is 41.1 Å². The summed E-state index contributed by atoms with van der Waals surface area (Å²) in [6, 6.07) is 11.6. The van der Waals surface area contributed by atoms with Crippen LogP contribution in [0.25, 0.3) is 0 Å². The third-order valence-corrected chi connectivity index (χ3v) is 6.50. The van der Waals surface area contributed by atoms with Crippen LogP contribution in [0.5, 0.6) is 23.0 Å². The zero-order valence-electron chi connectivity index (χ0n) is 21.1.